The second-order valence-electron chi connectivity index (χ2n) is 5.54. The third kappa shape index (κ3) is 5.08. The number of amides is 2. The number of hydrogen-bond acceptors (Lipinski definition) is 7. The first-order valence-corrected chi connectivity index (χ1v) is 9.55. The number of thioether (sulfide) groups is 1. The number of nitrogens with one attached hydrogen (secondary N) is 2. The van der Waals surface area contributed by atoms with Crippen LogP contribution in [0.3, 0.4) is 0 Å². The molecule has 1 heterocycles. The Hall–Kier alpha value is -3.47. The summed E-state index contributed by atoms with van der Waals surface area (Å²) in [6.45, 7) is 2.34. The van der Waals surface area contributed by atoms with E-state index >= 15 is 0 Å². The van der Waals surface area contributed by atoms with E-state index in [4.69, 9.17) is 4.74 Å². The molecule has 0 bridgehead atoms. The van der Waals surface area contributed by atoms with Gasteiger partial charge in [-0.3, -0.25) is 20.4 Å². The third-order valence-electron chi connectivity index (χ3n) is 3.60. The maximum atomic E-state index is 13.6. The molecule has 9 nitrogen and oxygen atoms in total. The standard InChI is InChI=1S/C18H17FN6O3S/c1-2-28-15-10-6-5-9-14(15)25-18(22-23-24-25)29-11-16(26)20-21-17(27)12-7-3-4-8-13(12)19/h3-10H,2,11H2,1H3,(H,20,26)(H,21,27). The highest BCUT2D eigenvalue weighted by molar-refractivity contribution is 7.99. The van der Waals surface area contributed by atoms with Crippen LogP contribution in [0.15, 0.2) is 53.7 Å². The summed E-state index contributed by atoms with van der Waals surface area (Å²) in [7, 11) is 0. The fraction of sp³-hybridized carbons (Fsp3) is 0.167. The lowest BCUT2D eigenvalue weighted by Gasteiger charge is -2.10. The summed E-state index contributed by atoms with van der Waals surface area (Å²) < 4.78 is 20.6. The second-order valence-corrected chi connectivity index (χ2v) is 6.49. The van der Waals surface area contributed by atoms with Gasteiger partial charge < -0.3 is 4.74 Å². The zero-order valence-corrected chi connectivity index (χ0v) is 16.1. The molecule has 2 amide bonds. The molecule has 2 N–H and O–H groups in total. The molecular weight excluding hydrogens is 399 g/mol. The first-order valence-electron chi connectivity index (χ1n) is 8.57. The van der Waals surface area contributed by atoms with Gasteiger partial charge in [-0.2, -0.15) is 4.68 Å². The fourth-order valence-corrected chi connectivity index (χ4v) is 3.02. The van der Waals surface area contributed by atoms with Crippen LogP contribution in [0.5, 0.6) is 5.75 Å². The lowest BCUT2D eigenvalue weighted by atomic mass is 10.2. The highest BCUT2D eigenvalue weighted by Crippen LogP contribution is 2.25. The summed E-state index contributed by atoms with van der Waals surface area (Å²) in [5.41, 5.74) is 4.87. The number of benzene rings is 2. The summed E-state index contributed by atoms with van der Waals surface area (Å²) in [5.74, 6) is -1.41. The Balaban J connectivity index is 1.59. The van der Waals surface area contributed by atoms with Crippen LogP contribution in [0.4, 0.5) is 4.39 Å². The number of hydrazine groups is 1. The van der Waals surface area contributed by atoms with Crippen molar-refractivity contribution in [3.8, 4) is 11.4 Å². The maximum absolute atomic E-state index is 13.6. The molecule has 0 fully saturated rings. The Labute approximate surface area is 169 Å². The van der Waals surface area contributed by atoms with Gasteiger partial charge in [-0.05, 0) is 41.6 Å². The number of halogens is 1. The topological polar surface area (TPSA) is 111 Å². The van der Waals surface area contributed by atoms with E-state index in [1.165, 1.54) is 22.9 Å². The van der Waals surface area contributed by atoms with Gasteiger partial charge >= 0.3 is 0 Å². The second kappa shape index (κ2) is 9.64. The highest BCUT2D eigenvalue weighted by atomic mass is 32.2. The average molecular weight is 416 g/mol. The molecular formula is C18H17FN6O3S. The Morgan fingerprint density at radius 3 is 2.69 bits per heavy atom. The molecule has 0 atom stereocenters. The van der Waals surface area contributed by atoms with Crippen LogP contribution in [-0.2, 0) is 4.79 Å². The SMILES string of the molecule is CCOc1ccccc1-n1nnnc1SCC(=O)NNC(=O)c1ccccc1F. The fourth-order valence-electron chi connectivity index (χ4n) is 2.34. The number of carbonyl (C=O) groups excluding carboxylic acids is 2. The minimum absolute atomic E-state index is 0.0747. The molecule has 150 valence electrons. The maximum Gasteiger partial charge on any atom is 0.272 e. The smallest absolute Gasteiger partial charge is 0.272 e. The molecule has 1 aromatic heterocycles. The molecule has 0 radical (unpaired) electrons. The molecule has 3 rings (SSSR count). The Kier molecular flexibility index (Phi) is 6.74. The Bertz CT molecular complexity index is 1010. The van der Waals surface area contributed by atoms with Gasteiger partial charge in [0.2, 0.25) is 11.1 Å². The van der Waals surface area contributed by atoms with E-state index in [0.29, 0.717) is 23.2 Å². The van der Waals surface area contributed by atoms with Crippen molar-refractivity contribution in [3.05, 3.63) is 59.9 Å². The monoisotopic (exact) mass is 416 g/mol. The van der Waals surface area contributed by atoms with Crippen LogP contribution in [0.25, 0.3) is 5.69 Å². The van der Waals surface area contributed by atoms with Crippen molar-refractivity contribution in [3.63, 3.8) is 0 Å². The largest absolute Gasteiger partial charge is 0.492 e. The number of carbonyl (C=O) groups is 2. The molecule has 0 saturated heterocycles. The van der Waals surface area contributed by atoms with E-state index in [0.717, 1.165) is 17.8 Å². The summed E-state index contributed by atoms with van der Waals surface area (Å²) >= 11 is 1.07. The van der Waals surface area contributed by atoms with Gasteiger partial charge in [0, 0.05) is 0 Å². The number of tetrazole rings is 1. The van der Waals surface area contributed by atoms with Crippen LogP contribution in [0.2, 0.25) is 0 Å². The number of rotatable bonds is 7. The van der Waals surface area contributed by atoms with E-state index in [2.05, 4.69) is 26.4 Å². The van der Waals surface area contributed by atoms with Gasteiger partial charge in [-0.15, -0.1) is 5.10 Å². The number of nitrogens with zero attached hydrogens (tertiary/aromatic N) is 4. The van der Waals surface area contributed by atoms with Crippen molar-refractivity contribution in [1.82, 2.24) is 31.1 Å². The van der Waals surface area contributed by atoms with Crippen LogP contribution in [0, 0.1) is 5.82 Å². The Morgan fingerprint density at radius 1 is 1.14 bits per heavy atom. The minimum atomic E-state index is -0.753. The molecule has 0 unspecified atom stereocenters. The third-order valence-corrected chi connectivity index (χ3v) is 4.52. The van der Waals surface area contributed by atoms with E-state index in [-0.39, 0.29) is 11.3 Å². The molecule has 2 aromatic carbocycles. The molecule has 29 heavy (non-hydrogen) atoms. The van der Waals surface area contributed by atoms with Crippen molar-refractivity contribution >= 4 is 23.6 Å². The van der Waals surface area contributed by atoms with Crippen molar-refractivity contribution in [2.24, 2.45) is 0 Å². The predicted octanol–water partition coefficient (Wildman–Crippen LogP) is 1.75. The average Bonchev–Trinajstić information content (AvgIpc) is 3.20. The number of para-hydroxylation sites is 2. The number of hydrogen-bond donors (Lipinski definition) is 2. The summed E-state index contributed by atoms with van der Waals surface area (Å²) in [6, 6.07) is 12.7. The van der Waals surface area contributed by atoms with Gasteiger partial charge in [-0.1, -0.05) is 36.0 Å². The summed E-state index contributed by atoms with van der Waals surface area (Å²) in [5, 5.41) is 11.9. The van der Waals surface area contributed by atoms with Crippen molar-refractivity contribution < 1.29 is 18.7 Å². The molecule has 0 aliphatic rings. The van der Waals surface area contributed by atoms with Crippen LogP contribution >= 0.6 is 11.8 Å². The quantitative estimate of drug-likeness (QED) is 0.446. The van der Waals surface area contributed by atoms with Gasteiger partial charge in [-0.25, -0.2) is 4.39 Å². The molecule has 0 saturated carbocycles. The normalized spacial score (nSPS) is 10.4. The zero-order chi connectivity index (χ0) is 20.6. The lowest BCUT2D eigenvalue weighted by molar-refractivity contribution is -0.119. The number of aromatic nitrogens is 4. The first-order chi connectivity index (χ1) is 14.1. The minimum Gasteiger partial charge on any atom is -0.492 e. The van der Waals surface area contributed by atoms with E-state index in [1.54, 1.807) is 12.1 Å². The van der Waals surface area contributed by atoms with Gasteiger partial charge in [0.15, 0.2) is 0 Å². The van der Waals surface area contributed by atoms with Crippen LogP contribution in [0.1, 0.15) is 17.3 Å². The zero-order valence-electron chi connectivity index (χ0n) is 15.3. The van der Waals surface area contributed by atoms with Gasteiger partial charge in [0.1, 0.15) is 17.3 Å². The summed E-state index contributed by atoms with van der Waals surface area (Å²) in [4.78, 5) is 24.0. The molecule has 11 heteroatoms. The van der Waals surface area contributed by atoms with Crippen LogP contribution < -0.4 is 15.6 Å². The first kappa shape index (κ1) is 20.3. The molecule has 0 spiro atoms. The van der Waals surface area contributed by atoms with E-state index in [1.807, 2.05) is 19.1 Å². The predicted molar refractivity (Wildman–Crippen MR) is 103 cm³/mol. The molecule has 3 aromatic rings. The Morgan fingerprint density at radius 2 is 1.90 bits per heavy atom. The molecule has 0 aliphatic heterocycles. The van der Waals surface area contributed by atoms with E-state index in [9.17, 15) is 14.0 Å². The van der Waals surface area contributed by atoms with Crippen molar-refractivity contribution in [2.75, 3.05) is 12.4 Å². The lowest BCUT2D eigenvalue weighted by Crippen LogP contribution is -2.42. The van der Waals surface area contributed by atoms with Crippen molar-refractivity contribution in [2.45, 2.75) is 12.1 Å². The van der Waals surface area contributed by atoms with Crippen LogP contribution in [-0.4, -0.2) is 44.4 Å². The van der Waals surface area contributed by atoms with Crippen molar-refractivity contribution in [1.29, 1.82) is 0 Å². The van der Waals surface area contributed by atoms with E-state index < -0.39 is 17.6 Å². The molecule has 0 aliphatic carbocycles. The highest BCUT2D eigenvalue weighted by Gasteiger charge is 2.16. The number of ether oxygens (including phenoxy) is 1. The van der Waals surface area contributed by atoms with Gasteiger partial charge in [0.25, 0.3) is 5.91 Å². The van der Waals surface area contributed by atoms with Gasteiger partial charge in [0.05, 0.1) is 17.9 Å². The summed E-state index contributed by atoms with van der Waals surface area (Å²) in [6.07, 6.45) is 0.